The zero-order valence-electron chi connectivity index (χ0n) is 23.1. The van der Waals surface area contributed by atoms with Gasteiger partial charge >= 0.3 is 0 Å². The smallest absolute Gasteiger partial charge is 0.261 e. The van der Waals surface area contributed by atoms with Crippen LogP contribution < -0.4 is 15.1 Å². The highest BCUT2D eigenvalue weighted by molar-refractivity contribution is 6.99. The van der Waals surface area contributed by atoms with Gasteiger partial charge in [0.05, 0.1) is 26.4 Å². The number of ether oxygens (including phenoxy) is 2. The third-order valence-corrected chi connectivity index (χ3v) is 11.9. The summed E-state index contributed by atoms with van der Waals surface area (Å²) in [4.78, 5) is 0. The van der Waals surface area contributed by atoms with Gasteiger partial charge in [-0.1, -0.05) is 113 Å². The molecule has 0 saturated heterocycles. The van der Waals surface area contributed by atoms with Gasteiger partial charge in [0.2, 0.25) is 0 Å². The summed E-state index contributed by atoms with van der Waals surface area (Å²) >= 11 is 0. The Bertz CT molecular complexity index is 1080. The average molecular weight is 515 g/mol. The Kier molecular flexibility index (Phi) is 10.1. The minimum Gasteiger partial charge on any atom is -0.497 e. The molecule has 0 amide bonds. The van der Waals surface area contributed by atoms with Gasteiger partial charge in [-0.05, 0) is 51.0 Å². The molecule has 0 N–H and O–H groups in total. The molecule has 4 heteroatoms. The molecule has 0 unspecified atom stereocenters. The van der Waals surface area contributed by atoms with Crippen molar-refractivity contribution >= 4 is 18.7 Å². The van der Waals surface area contributed by atoms with Crippen LogP contribution in [0.4, 0.5) is 0 Å². The second kappa shape index (κ2) is 13.0. The summed E-state index contributed by atoms with van der Waals surface area (Å²) in [5, 5.41) is 2.40. The van der Waals surface area contributed by atoms with Crippen molar-refractivity contribution in [2.24, 2.45) is 5.92 Å². The van der Waals surface area contributed by atoms with E-state index in [1.54, 1.807) is 7.11 Å². The Hall–Kier alpha value is -2.92. The van der Waals surface area contributed by atoms with Crippen LogP contribution in [0.3, 0.4) is 0 Å². The summed E-state index contributed by atoms with van der Waals surface area (Å²) in [5.74, 6) is 1.04. The van der Waals surface area contributed by atoms with Crippen LogP contribution in [0.15, 0.2) is 110 Å². The Morgan fingerprint density at radius 1 is 0.892 bits per heavy atom. The normalized spacial score (nSPS) is 13.5. The lowest BCUT2D eigenvalue weighted by molar-refractivity contribution is 0.104. The summed E-state index contributed by atoms with van der Waals surface area (Å²) in [7, 11) is -1.07. The predicted molar refractivity (Wildman–Crippen MR) is 158 cm³/mol. The van der Waals surface area contributed by atoms with Crippen molar-refractivity contribution < 1.29 is 13.9 Å². The van der Waals surface area contributed by atoms with Crippen LogP contribution in [0.5, 0.6) is 5.75 Å². The van der Waals surface area contributed by atoms with Gasteiger partial charge < -0.3 is 13.9 Å². The van der Waals surface area contributed by atoms with E-state index in [1.165, 1.54) is 10.4 Å². The van der Waals surface area contributed by atoms with Crippen LogP contribution >= 0.6 is 0 Å². The van der Waals surface area contributed by atoms with Crippen LogP contribution in [0.1, 0.15) is 39.7 Å². The fourth-order valence-electron chi connectivity index (χ4n) is 4.97. The summed E-state index contributed by atoms with van der Waals surface area (Å²) in [6.45, 7) is 18.6. The first-order valence-electron chi connectivity index (χ1n) is 13.0. The molecule has 3 rings (SSSR count). The number of rotatable bonds is 13. The standard InChI is InChI=1S/C33H42O3Si/c1-8-15-26(2)32(27(3)24-35-25-28-20-22-29(34-7)23-21-28)36-37(33(4,5)6,30-16-11-9-12-17-30)31-18-13-10-14-19-31/h8-14,16-23,26,32H,1,3,15,24-25H2,2,4-7H3/t26-,32+/m1/s1. The first kappa shape index (κ1) is 28.6. The van der Waals surface area contributed by atoms with E-state index in [0.29, 0.717) is 13.2 Å². The Morgan fingerprint density at radius 3 is 1.89 bits per heavy atom. The monoisotopic (exact) mass is 514 g/mol. The Balaban J connectivity index is 1.95. The largest absolute Gasteiger partial charge is 0.497 e. The summed E-state index contributed by atoms with van der Waals surface area (Å²) < 4.78 is 18.9. The molecular formula is C33H42O3Si. The molecule has 0 radical (unpaired) electrons. The van der Waals surface area contributed by atoms with E-state index in [2.05, 4.69) is 102 Å². The van der Waals surface area contributed by atoms with Crippen molar-refractivity contribution in [1.82, 2.24) is 0 Å². The van der Waals surface area contributed by atoms with E-state index in [9.17, 15) is 0 Å². The van der Waals surface area contributed by atoms with Gasteiger partial charge in [-0.25, -0.2) is 0 Å². The van der Waals surface area contributed by atoms with Crippen molar-refractivity contribution in [1.29, 1.82) is 0 Å². The molecule has 0 fully saturated rings. The molecule has 0 aliphatic carbocycles. The minimum absolute atomic E-state index is 0.119. The molecule has 2 atom stereocenters. The molecule has 3 aromatic carbocycles. The third-order valence-electron chi connectivity index (χ3n) is 6.89. The van der Waals surface area contributed by atoms with Gasteiger partial charge in [0.1, 0.15) is 5.75 Å². The maximum absolute atomic E-state index is 7.48. The van der Waals surface area contributed by atoms with Crippen LogP contribution in [0, 0.1) is 5.92 Å². The Labute approximate surface area is 224 Å². The molecular weight excluding hydrogens is 472 g/mol. The lowest BCUT2D eigenvalue weighted by Crippen LogP contribution is -2.68. The lowest BCUT2D eigenvalue weighted by atomic mass is 9.96. The highest BCUT2D eigenvalue weighted by Gasteiger charge is 2.52. The SMILES string of the molecule is C=CC[C@@H](C)[C@H](O[Si](c1ccccc1)(c1ccccc1)C(C)(C)C)C(=C)COCc1ccc(OC)cc1. The maximum Gasteiger partial charge on any atom is 0.261 e. The molecule has 0 saturated carbocycles. The van der Waals surface area contributed by atoms with Crippen LogP contribution in [-0.2, 0) is 15.8 Å². The number of allylic oxidation sites excluding steroid dienone is 1. The van der Waals surface area contributed by atoms with E-state index >= 15 is 0 Å². The molecule has 0 spiro atoms. The van der Waals surface area contributed by atoms with E-state index in [-0.39, 0.29) is 17.1 Å². The van der Waals surface area contributed by atoms with Crippen LogP contribution in [0.25, 0.3) is 0 Å². The van der Waals surface area contributed by atoms with Crippen molar-refractivity contribution in [3.05, 3.63) is 115 Å². The van der Waals surface area contributed by atoms with Crippen molar-refractivity contribution in [2.45, 2.75) is 51.9 Å². The van der Waals surface area contributed by atoms with E-state index < -0.39 is 8.32 Å². The molecule has 3 aromatic rings. The summed E-state index contributed by atoms with van der Waals surface area (Å²) in [6.07, 6.45) is 2.62. The number of benzene rings is 3. The summed E-state index contributed by atoms with van der Waals surface area (Å²) in [5.41, 5.74) is 2.05. The number of methoxy groups -OCH3 is 1. The molecule has 0 heterocycles. The molecule has 0 bridgehead atoms. The van der Waals surface area contributed by atoms with Gasteiger partial charge in [0.15, 0.2) is 0 Å². The highest BCUT2D eigenvalue weighted by atomic mass is 28.4. The van der Waals surface area contributed by atoms with E-state index in [1.807, 2.05) is 30.3 Å². The zero-order valence-corrected chi connectivity index (χ0v) is 24.1. The second-order valence-electron chi connectivity index (χ2n) is 10.7. The predicted octanol–water partition coefficient (Wildman–Crippen LogP) is 6.93. The van der Waals surface area contributed by atoms with Crippen LogP contribution in [0.2, 0.25) is 5.04 Å². The molecule has 0 aliphatic rings. The molecule has 37 heavy (non-hydrogen) atoms. The third kappa shape index (κ3) is 6.89. The Morgan fingerprint density at radius 2 is 1.43 bits per heavy atom. The summed E-state index contributed by atoms with van der Waals surface area (Å²) in [6, 6.07) is 29.5. The first-order chi connectivity index (χ1) is 17.7. The van der Waals surface area contributed by atoms with Crippen molar-refractivity contribution in [2.75, 3.05) is 13.7 Å². The highest BCUT2D eigenvalue weighted by Crippen LogP contribution is 2.39. The van der Waals surface area contributed by atoms with Gasteiger partial charge in [-0.3, -0.25) is 0 Å². The van der Waals surface area contributed by atoms with Gasteiger partial charge in [-0.2, -0.15) is 0 Å². The molecule has 0 aliphatic heterocycles. The quantitative estimate of drug-likeness (QED) is 0.183. The fraction of sp³-hybridized carbons (Fsp3) is 0.333. The number of hydrogen-bond acceptors (Lipinski definition) is 3. The molecule has 3 nitrogen and oxygen atoms in total. The molecule has 196 valence electrons. The van der Waals surface area contributed by atoms with Crippen molar-refractivity contribution in [3.8, 4) is 5.75 Å². The zero-order chi connectivity index (χ0) is 26.9. The second-order valence-corrected chi connectivity index (χ2v) is 15.0. The van der Waals surface area contributed by atoms with E-state index in [4.69, 9.17) is 13.9 Å². The van der Waals surface area contributed by atoms with Gasteiger partial charge in [-0.15, -0.1) is 6.58 Å². The van der Waals surface area contributed by atoms with Crippen LogP contribution in [-0.4, -0.2) is 28.1 Å². The fourth-order valence-corrected chi connectivity index (χ4v) is 9.77. The molecule has 0 aromatic heterocycles. The average Bonchev–Trinajstić information content (AvgIpc) is 2.90. The van der Waals surface area contributed by atoms with E-state index in [0.717, 1.165) is 23.3 Å². The van der Waals surface area contributed by atoms with Crippen molar-refractivity contribution in [3.63, 3.8) is 0 Å². The van der Waals surface area contributed by atoms with Gasteiger partial charge in [0, 0.05) is 0 Å². The lowest BCUT2D eigenvalue weighted by Gasteiger charge is -2.46. The van der Waals surface area contributed by atoms with Gasteiger partial charge in [0.25, 0.3) is 8.32 Å². The minimum atomic E-state index is -2.75. The maximum atomic E-state index is 7.48. The topological polar surface area (TPSA) is 27.7 Å². The number of hydrogen-bond donors (Lipinski definition) is 0. The first-order valence-corrected chi connectivity index (χ1v) is 14.9.